The second-order valence-corrected chi connectivity index (χ2v) is 5.20. The maximum absolute atomic E-state index is 10.8. The fraction of sp³-hybridized carbons (Fsp3) is 0.200. The molecule has 0 radical (unpaired) electrons. The molecule has 2 aromatic rings. The summed E-state index contributed by atoms with van der Waals surface area (Å²) < 4.78 is 0. The van der Waals surface area contributed by atoms with Crippen LogP contribution in [0.4, 0.5) is 5.13 Å². The zero-order chi connectivity index (χ0) is 11.5. The van der Waals surface area contributed by atoms with Gasteiger partial charge in [0.05, 0.1) is 12.2 Å². The molecule has 0 saturated carbocycles. The number of carboxylic acid groups (broad SMARTS) is 1. The quantitative estimate of drug-likeness (QED) is 0.880. The molecule has 0 atom stereocenters. The largest absolute Gasteiger partial charge is 0.477 e. The fourth-order valence-corrected chi connectivity index (χ4v) is 2.69. The Hall–Kier alpha value is -1.40. The molecule has 0 amide bonds. The van der Waals surface area contributed by atoms with Gasteiger partial charge in [0, 0.05) is 4.88 Å². The highest BCUT2D eigenvalue weighted by Gasteiger charge is 2.13. The number of anilines is 1. The maximum atomic E-state index is 10.8. The van der Waals surface area contributed by atoms with Gasteiger partial charge < -0.3 is 10.4 Å². The molecule has 0 aliphatic rings. The molecule has 2 rings (SSSR count). The van der Waals surface area contributed by atoms with E-state index in [1.165, 1.54) is 16.2 Å². The van der Waals surface area contributed by atoms with Crippen LogP contribution in [0, 0.1) is 6.92 Å². The molecule has 0 bridgehead atoms. The number of thiazole rings is 1. The van der Waals surface area contributed by atoms with E-state index in [2.05, 4.69) is 10.3 Å². The van der Waals surface area contributed by atoms with Crippen LogP contribution in [0.2, 0.25) is 0 Å². The van der Waals surface area contributed by atoms with E-state index in [1.807, 2.05) is 17.5 Å². The number of aromatic carboxylic acids is 1. The van der Waals surface area contributed by atoms with Gasteiger partial charge in [0.15, 0.2) is 5.13 Å². The first-order valence-electron chi connectivity index (χ1n) is 4.64. The minimum Gasteiger partial charge on any atom is -0.477 e. The summed E-state index contributed by atoms with van der Waals surface area (Å²) in [7, 11) is 0. The number of carboxylic acids is 1. The highest BCUT2D eigenvalue weighted by atomic mass is 32.1. The fourth-order valence-electron chi connectivity index (χ4n) is 1.25. The van der Waals surface area contributed by atoms with Crippen molar-refractivity contribution in [1.82, 2.24) is 4.98 Å². The van der Waals surface area contributed by atoms with Gasteiger partial charge >= 0.3 is 5.97 Å². The van der Waals surface area contributed by atoms with Crippen LogP contribution >= 0.6 is 22.7 Å². The first-order valence-corrected chi connectivity index (χ1v) is 6.33. The van der Waals surface area contributed by atoms with Crippen LogP contribution in [0.15, 0.2) is 17.5 Å². The third-order valence-corrected chi connectivity index (χ3v) is 3.96. The molecule has 2 N–H and O–H groups in total. The van der Waals surface area contributed by atoms with Crippen molar-refractivity contribution in [2.75, 3.05) is 5.32 Å². The Kier molecular flexibility index (Phi) is 3.21. The zero-order valence-corrected chi connectivity index (χ0v) is 10.2. The molecule has 6 heteroatoms. The Balaban J connectivity index is 2.05. The molecular weight excluding hydrogens is 244 g/mol. The van der Waals surface area contributed by atoms with Crippen molar-refractivity contribution in [3.8, 4) is 0 Å². The predicted molar refractivity (Wildman–Crippen MR) is 65.5 cm³/mol. The Bertz CT molecular complexity index is 491. The third-order valence-electron chi connectivity index (χ3n) is 1.98. The van der Waals surface area contributed by atoms with Gasteiger partial charge in [-0.15, -0.1) is 11.3 Å². The van der Waals surface area contributed by atoms with E-state index < -0.39 is 5.97 Å². The molecule has 16 heavy (non-hydrogen) atoms. The highest BCUT2D eigenvalue weighted by Crippen LogP contribution is 2.23. The number of hydrogen-bond donors (Lipinski definition) is 2. The predicted octanol–water partition coefficient (Wildman–Crippen LogP) is 2.82. The van der Waals surface area contributed by atoms with E-state index >= 15 is 0 Å². The summed E-state index contributed by atoms with van der Waals surface area (Å²) in [4.78, 5) is 16.5. The van der Waals surface area contributed by atoms with Crippen molar-refractivity contribution in [2.45, 2.75) is 13.5 Å². The number of aryl methyl sites for hydroxylation is 1. The molecule has 0 aliphatic carbocycles. The summed E-state index contributed by atoms with van der Waals surface area (Å²) in [6, 6.07) is 4.01. The lowest BCUT2D eigenvalue weighted by atomic mass is 10.4. The molecule has 4 nitrogen and oxygen atoms in total. The van der Waals surface area contributed by atoms with Crippen LogP contribution in [-0.4, -0.2) is 16.1 Å². The second kappa shape index (κ2) is 4.63. The Morgan fingerprint density at radius 1 is 1.62 bits per heavy atom. The van der Waals surface area contributed by atoms with Crippen molar-refractivity contribution >= 4 is 33.8 Å². The molecule has 2 heterocycles. The lowest BCUT2D eigenvalue weighted by Gasteiger charge is -1.98. The average Bonchev–Trinajstić information content (AvgIpc) is 2.83. The van der Waals surface area contributed by atoms with Crippen molar-refractivity contribution in [3.05, 3.63) is 33.0 Å². The molecule has 84 valence electrons. The standard InChI is InChI=1S/C10H10N2O2S2/c1-6-8(9(13)14)16-10(12-6)11-5-7-3-2-4-15-7/h2-4H,5H2,1H3,(H,11,12)(H,13,14). The van der Waals surface area contributed by atoms with Crippen LogP contribution in [0.5, 0.6) is 0 Å². The molecular formula is C10H10N2O2S2. The van der Waals surface area contributed by atoms with Gasteiger partial charge in [0.2, 0.25) is 0 Å². The summed E-state index contributed by atoms with van der Waals surface area (Å²) in [6.07, 6.45) is 0. The average molecular weight is 254 g/mol. The van der Waals surface area contributed by atoms with E-state index in [1.54, 1.807) is 18.3 Å². The summed E-state index contributed by atoms with van der Waals surface area (Å²) >= 11 is 2.83. The first kappa shape index (κ1) is 11.1. The van der Waals surface area contributed by atoms with E-state index in [9.17, 15) is 4.79 Å². The number of thiophene rings is 1. The lowest BCUT2D eigenvalue weighted by molar-refractivity contribution is 0.0701. The Morgan fingerprint density at radius 2 is 2.44 bits per heavy atom. The molecule has 0 unspecified atom stereocenters. The van der Waals surface area contributed by atoms with Crippen LogP contribution in [0.1, 0.15) is 20.2 Å². The van der Waals surface area contributed by atoms with Crippen molar-refractivity contribution in [1.29, 1.82) is 0 Å². The summed E-state index contributed by atoms with van der Waals surface area (Å²) in [5, 5.41) is 14.7. The number of aromatic nitrogens is 1. The molecule has 2 aromatic heterocycles. The summed E-state index contributed by atoms with van der Waals surface area (Å²) in [6.45, 7) is 2.39. The van der Waals surface area contributed by atoms with E-state index in [4.69, 9.17) is 5.11 Å². The molecule has 0 fully saturated rings. The van der Waals surface area contributed by atoms with Gasteiger partial charge in [-0.2, -0.15) is 0 Å². The number of carbonyl (C=O) groups is 1. The van der Waals surface area contributed by atoms with Crippen molar-refractivity contribution < 1.29 is 9.90 Å². The minimum atomic E-state index is -0.917. The number of nitrogens with one attached hydrogen (secondary N) is 1. The molecule has 0 saturated heterocycles. The Morgan fingerprint density at radius 3 is 3.00 bits per heavy atom. The van der Waals surface area contributed by atoms with Gasteiger partial charge in [-0.3, -0.25) is 0 Å². The summed E-state index contributed by atoms with van der Waals surface area (Å²) in [5.74, 6) is -0.917. The SMILES string of the molecule is Cc1nc(NCc2cccs2)sc1C(=O)O. The van der Waals surface area contributed by atoms with Crippen molar-refractivity contribution in [2.24, 2.45) is 0 Å². The topological polar surface area (TPSA) is 62.2 Å². The maximum Gasteiger partial charge on any atom is 0.347 e. The van der Waals surface area contributed by atoms with Crippen LogP contribution in [0.3, 0.4) is 0 Å². The molecule has 0 aliphatic heterocycles. The smallest absolute Gasteiger partial charge is 0.347 e. The van der Waals surface area contributed by atoms with Gasteiger partial charge in [-0.1, -0.05) is 17.4 Å². The second-order valence-electron chi connectivity index (χ2n) is 3.17. The molecule has 0 spiro atoms. The van der Waals surface area contributed by atoms with Gasteiger partial charge in [-0.25, -0.2) is 9.78 Å². The summed E-state index contributed by atoms with van der Waals surface area (Å²) in [5.41, 5.74) is 0.561. The Labute approximate surface area is 101 Å². The normalized spacial score (nSPS) is 10.3. The lowest BCUT2D eigenvalue weighted by Crippen LogP contribution is -1.96. The van der Waals surface area contributed by atoms with Crippen LogP contribution < -0.4 is 5.32 Å². The molecule has 0 aromatic carbocycles. The van der Waals surface area contributed by atoms with E-state index in [0.717, 1.165) is 0 Å². The highest BCUT2D eigenvalue weighted by molar-refractivity contribution is 7.17. The van der Waals surface area contributed by atoms with Gasteiger partial charge in [0.1, 0.15) is 4.88 Å². The minimum absolute atomic E-state index is 0.300. The number of rotatable bonds is 4. The zero-order valence-electron chi connectivity index (χ0n) is 8.56. The van der Waals surface area contributed by atoms with Crippen LogP contribution in [0.25, 0.3) is 0 Å². The monoisotopic (exact) mass is 254 g/mol. The first-order chi connectivity index (χ1) is 7.66. The van der Waals surface area contributed by atoms with E-state index in [-0.39, 0.29) is 0 Å². The van der Waals surface area contributed by atoms with Crippen molar-refractivity contribution in [3.63, 3.8) is 0 Å². The van der Waals surface area contributed by atoms with Gasteiger partial charge in [0.25, 0.3) is 0 Å². The van der Waals surface area contributed by atoms with E-state index in [0.29, 0.717) is 22.2 Å². The number of nitrogens with zero attached hydrogens (tertiary/aromatic N) is 1. The number of hydrogen-bond acceptors (Lipinski definition) is 5. The van der Waals surface area contributed by atoms with Crippen LogP contribution in [-0.2, 0) is 6.54 Å². The van der Waals surface area contributed by atoms with Gasteiger partial charge in [-0.05, 0) is 18.4 Å². The third kappa shape index (κ3) is 2.40.